The first-order valence-electron chi connectivity index (χ1n) is 15.6. The van der Waals surface area contributed by atoms with E-state index in [4.69, 9.17) is 14.2 Å². The van der Waals surface area contributed by atoms with E-state index in [0.717, 1.165) is 44.1 Å². The summed E-state index contributed by atoms with van der Waals surface area (Å²) in [7, 11) is 0. The smallest absolute Gasteiger partial charge is 0.411 e. The maximum Gasteiger partial charge on any atom is 0.411 e. The zero-order chi connectivity index (χ0) is 31.5. The molecule has 1 N–H and O–H groups in total. The summed E-state index contributed by atoms with van der Waals surface area (Å²) in [6.45, 7) is 11.1. The summed E-state index contributed by atoms with van der Waals surface area (Å²) >= 11 is 0. The SMILES string of the molecule is CC(C)(C)OC(=O)N1[C@H](C(=O)O)C[C@@H]2CCC[C@@H]21.CC(C)(C)OC(=O)N1[C@H](C(=O)OCc2ccccc2)C[C@@H]2CCC[C@@H]21. The third-order valence-corrected chi connectivity index (χ3v) is 8.67. The molecule has 0 radical (unpaired) electrons. The molecule has 0 bridgehead atoms. The first-order valence-corrected chi connectivity index (χ1v) is 15.6. The van der Waals surface area contributed by atoms with Gasteiger partial charge in [-0.1, -0.05) is 43.2 Å². The number of esters is 1. The van der Waals surface area contributed by atoms with E-state index in [2.05, 4.69) is 0 Å². The van der Waals surface area contributed by atoms with Crippen molar-refractivity contribution in [1.29, 1.82) is 0 Å². The summed E-state index contributed by atoms with van der Waals surface area (Å²) < 4.78 is 16.4. The fourth-order valence-electron chi connectivity index (χ4n) is 6.99. The fourth-order valence-corrected chi connectivity index (χ4v) is 6.99. The van der Waals surface area contributed by atoms with Gasteiger partial charge in [-0.3, -0.25) is 9.80 Å². The van der Waals surface area contributed by atoms with Crippen molar-refractivity contribution in [2.45, 2.75) is 135 Å². The topological polar surface area (TPSA) is 123 Å². The largest absolute Gasteiger partial charge is 0.480 e. The molecule has 5 rings (SSSR count). The Morgan fingerprint density at radius 1 is 0.744 bits per heavy atom. The number of ether oxygens (including phenoxy) is 3. The van der Waals surface area contributed by atoms with Gasteiger partial charge in [-0.25, -0.2) is 19.2 Å². The highest BCUT2D eigenvalue weighted by Crippen LogP contribution is 2.43. The van der Waals surface area contributed by atoms with E-state index in [-0.39, 0.29) is 24.7 Å². The average Bonchev–Trinajstić information content (AvgIpc) is 3.66. The quantitative estimate of drug-likeness (QED) is 0.322. The van der Waals surface area contributed by atoms with Crippen LogP contribution in [0, 0.1) is 11.8 Å². The van der Waals surface area contributed by atoms with Crippen LogP contribution in [0.15, 0.2) is 30.3 Å². The molecule has 0 spiro atoms. The first-order chi connectivity index (χ1) is 20.1. The molecular formula is C33H48N2O8. The molecular weight excluding hydrogens is 552 g/mol. The monoisotopic (exact) mass is 600 g/mol. The third kappa shape index (κ3) is 8.21. The van der Waals surface area contributed by atoms with Crippen molar-refractivity contribution in [2.75, 3.05) is 0 Å². The minimum absolute atomic E-state index is 0.0564. The first kappa shape index (κ1) is 32.6. The molecule has 10 heteroatoms. The maximum atomic E-state index is 12.7. The predicted molar refractivity (Wildman–Crippen MR) is 159 cm³/mol. The van der Waals surface area contributed by atoms with Crippen molar-refractivity contribution < 1.29 is 38.5 Å². The minimum atomic E-state index is -0.921. The Morgan fingerprint density at radius 2 is 1.21 bits per heavy atom. The summed E-state index contributed by atoms with van der Waals surface area (Å²) in [5.74, 6) is -0.542. The van der Waals surface area contributed by atoms with E-state index < -0.39 is 41.4 Å². The zero-order valence-electron chi connectivity index (χ0n) is 26.4. The molecule has 0 unspecified atom stereocenters. The standard InChI is InChI=1S/C20H27NO4.C13H21NO4/c1-20(2,3)25-19(23)21-16-11-7-10-15(16)12-17(21)18(22)24-13-14-8-5-4-6-9-14;1-13(2,3)18-12(17)14-9-6-4-5-8(9)7-10(14)11(15)16/h4-6,8-9,15-17H,7,10-13H2,1-3H3;8-10H,4-7H2,1-3H3,(H,15,16)/t15-,16-,17-;8-,9-,10-/m00/s1. The molecule has 2 heterocycles. The van der Waals surface area contributed by atoms with Crippen molar-refractivity contribution in [3.05, 3.63) is 35.9 Å². The second-order valence-electron chi connectivity index (χ2n) is 14.2. The van der Waals surface area contributed by atoms with Crippen LogP contribution in [0.1, 0.15) is 98.5 Å². The summed E-state index contributed by atoms with van der Waals surface area (Å²) in [6, 6.07) is 8.50. The molecule has 0 aromatic heterocycles. The lowest BCUT2D eigenvalue weighted by molar-refractivity contribution is -0.150. The normalized spacial score (nSPS) is 28.0. The molecule has 2 saturated heterocycles. The molecule has 4 fully saturated rings. The third-order valence-electron chi connectivity index (χ3n) is 8.67. The number of benzene rings is 1. The number of rotatable bonds is 4. The van der Waals surface area contributed by atoms with Crippen LogP contribution >= 0.6 is 0 Å². The van der Waals surface area contributed by atoms with E-state index in [0.29, 0.717) is 24.7 Å². The lowest BCUT2D eigenvalue weighted by Gasteiger charge is -2.31. The highest BCUT2D eigenvalue weighted by molar-refractivity contribution is 5.83. The predicted octanol–water partition coefficient (Wildman–Crippen LogP) is 6.16. The van der Waals surface area contributed by atoms with E-state index in [9.17, 15) is 24.3 Å². The summed E-state index contributed by atoms with van der Waals surface area (Å²) in [5, 5.41) is 9.24. The van der Waals surface area contributed by atoms with Gasteiger partial charge in [0.2, 0.25) is 0 Å². The van der Waals surface area contributed by atoms with Gasteiger partial charge < -0.3 is 19.3 Å². The van der Waals surface area contributed by atoms with Crippen LogP contribution in [0.5, 0.6) is 0 Å². The number of amides is 2. The summed E-state index contributed by atoms with van der Waals surface area (Å²) in [6.07, 6.45) is 6.45. The number of nitrogens with zero attached hydrogens (tertiary/aromatic N) is 2. The van der Waals surface area contributed by atoms with Crippen molar-refractivity contribution in [3.63, 3.8) is 0 Å². The molecule has 2 amide bonds. The molecule has 2 aliphatic heterocycles. The van der Waals surface area contributed by atoms with Gasteiger partial charge >= 0.3 is 24.1 Å². The fraction of sp³-hybridized carbons (Fsp3) is 0.697. The number of carbonyl (C=O) groups is 4. The van der Waals surface area contributed by atoms with Gasteiger partial charge in [0, 0.05) is 12.1 Å². The van der Waals surface area contributed by atoms with Gasteiger partial charge in [0.15, 0.2) is 0 Å². The molecule has 1 aromatic carbocycles. The number of carboxylic acids is 1. The second-order valence-corrected chi connectivity index (χ2v) is 14.2. The van der Waals surface area contributed by atoms with E-state index in [1.54, 1.807) is 25.7 Å². The van der Waals surface area contributed by atoms with E-state index >= 15 is 0 Å². The van der Waals surface area contributed by atoms with Crippen molar-refractivity contribution in [2.24, 2.45) is 11.8 Å². The van der Waals surface area contributed by atoms with Crippen molar-refractivity contribution in [1.82, 2.24) is 9.80 Å². The number of carboxylic acid groups (broad SMARTS) is 1. The van der Waals surface area contributed by atoms with Crippen LogP contribution in [-0.4, -0.2) is 74.4 Å². The number of fused-ring (bicyclic) bond motifs is 2. The molecule has 238 valence electrons. The number of hydrogen-bond acceptors (Lipinski definition) is 7. The summed E-state index contributed by atoms with van der Waals surface area (Å²) in [4.78, 5) is 51.9. The number of hydrogen-bond donors (Lipinski definition) is 1. The molecule has 4 aliphatic rings. The Labute approximate surface area is 255 Å². The van der Waals surface area contributed by atoms with Crippen molar-refractivity contribution in [3.8, 4) is 0 Å². The van der Waals surface area contributed by atoms with E-state index in [1.165, 1.54) is 4.90 Å². The van der Waals surface area contributed by atoms with Crippen LogP contribution < -0.4 is 0 Å². The van der Waals surface area contributed by atoms with Crippen LogP contribution in [0.2, 0.25) is 0 Å². The van der Waals surface area contributed by atoms with Crippen LogP contribution in [-0.2, 0) is 30.4 Å². The number of likely N-dealkylation sites (tertiary alicyclic amines) is 2. The molecule has 2 aliphatic carbocycles. The van der Waals surface area contributed by atoms with Gasteiger partial charge in [-0.2, -0.15) is 0 Å². The highest BCUT2D eigenvalue weighted by atomic mass is 16.6. The zero-order valence-corrected chi connectivity index (χ0v) is 26.4. The lowest BCUT2D eigenvalue weighted by atomic mass is 10.0. The lowest BCUT2D eigenvalue weighted by Crippen LogP contribution is -2.47. The second kappa shape index (κ2) is 13.1. The summed E-state index contributed by atoms with van der Waals surface area (Å²) in [5.41, 5.74) is -0.221. The Bertz CT molecular complexity index is 1160. The number of carbonyl (C=O) groups excluding carboxylic acids is 3. The number of aliphatic carboxylic acids is 1. The van der Waals surface area contributed by atoms with Gasteiger partial charge in [0.25, 0.3) is 0 Å². The Morgan fingerprint density at radius 3 is 1.67 bits per heavy atom. The molecule has 1 aromatic rings. The van der Waals surface area contributed by atoms with Crippen LogP contribution in [0.3, 0.4) is 0 Å². The van der Waals surface area contributed by atoms with Crippen LogP contribution in [0.25, 0.3) is 0 Å². The Kier molecular flexibility index (Phi) is 9.96. The van der Waals surface area contributed by atoms with Gasteiger partial charge in [0.05, 0.1) is 0 Å². The Hall–Kier alpha value is -3.30. The van der Waals surface area contributed by atoms with Gasteiger partial charge in [-0.15, -0.1) is 0 Å². The average molecular weight is 601 g/mol. The molecule has 10 nitrogen and oxygen atoms in total. The molecule has 6 atom stereocenters. The van der Waals surface area contributed by atoms with Crippen LogP contribution in [0.4, 0.5) is 9.59 Å². The van der Waals surface area contributed by atoms with Gasteiger partial charge in [0.1, 0.15) is 29.9 Å². The van der Waals surface area contributed by atoms with E-state index in [1.807, 2.05) is 51.1 Å². The minimum Gasteiger partial charge on any atom is -0.480 e. The maximum absolute atomic E-state index is 12.7. The van der Waals surface area contributed by atoms with Crippen molar-refractivity contribution >= 4 is 24.1 Å². The Balaban J connectivity index is 0.000000208. The highest BCUT2D eigenvalue weighted by Gasteiger charge is 2.51. The van der Waals surface area contributed by atoms with Gasteiger partial charge in [-0.05, 0) is 97.5 Å². The molecule has 43 heavy (non-hydrogen) atoms. The molecule has 2 saturated carbocycles.